The molecule has 0 amide bonds. The normalized spacial score (nSPS) is 25.2. The van der Waals surface area contributed by atoms with Gasteiger partial charge in [0, 0.05) is 19.1 Å². The lowest BCUT2D eigenvalue weighted by Crippen LogP contribution is -2.31. The van der Waals surface area contributed by atoms with Gasteiger partial charge in [0.05, 0.1) is 6.26 Å². The molecule has 6 heteroatoms. The Morgan fingerprint density at radius 2 is 1.80 bits per heavy atom. The summed E-state index contributed by atoms with van der Waals surface area (Å²) in [6, 6.07) is 6.10. The Hall–Kier alpha value is -1.11. The van der Waals surface area contributed by atoms with E-state index in [4.69, 9.17) is 9.92 Å². The first-order chi connectivity index (χ1) is 11.9. The molecule has 1 aromatic carbocycles. The fourth-order valence-electron chi connectivity index (χ4n) is 4.04. The predicted molar refractivity (Wildman–Crippen MR) is 100 cm³/mol. The van der Waals surface area contributed by atoms with Crippen molar-refractivity contribution in [2.45, 2.75) is 51.0 Å². The van der Waals surface area contributed by atoms with Crippen LogP contribution in [0.1, 0.15) is 43.2 Å². The number of hydrogen-bond acceptors (Lipinski definition) is 5. The first-order valence-corrected chi connectivity index (χ1v) is 11.2. The van der Waals surface area contributed by atoms with Gasteiger partial charge in [-0.05, 0) is 80.7 Å². The summed E-state index contributed by atoms with van der Waals surface area (Å²) in [7, 11) is -3.47. The van der Waals surface area contributed by atoms with Crippen molar-refractivity contribution in [2.75, 3.05) is 25.9 Å². The van der Waals surface area contributed by atoms with Crippen molar-refractivity contribution in [3.63, 3.8) is 0 Å². The first-order valence-electron chi connectivity index (χ1n) is 9.38. The van der Waals surface area contributed by atoms with Gasteiger partial charge in [-0.3, -0.25) is 0 Å². The van der Waals surface area contributed by atoms with Crippen LogP contribution in [0, 0.1) is 5.92 Å². The van der Waals surface area contributed by atoms with Gasteiger partial charge in [-0.1, -0.05) is 6.07 Å². The van der Waals surface area contributed by atoms with E-state index in [9.17, 15) is 8.42 Å². The molecule has 25 heavy (non-hydrogen) atoms. The van der Waals surface area contributed by atoms with Crippen molar-refractivity contribution >= 4 is 10.1 Å². The second-order valence-corrected chi connectivity index (χ2v) is 9.20. The largest absolute Gasteiger partial charge is 0.383 e. The Kier molecular flexibility index (Phi) is 6.02. The summed E-state index contributed by atoms with van der Waals surface area (Å²) in [5, 5.41) is 0. The van der Waals surface area contributed by atoms with Gasteiger partial charge in [0.1, 0.15) is 5.75 Å². The summed E-state index contributed by atoms with van der Waals surface area (Å²) < 4.78 is 27.6. The minimum atomic E-state index is -3.47. The van der Waals surface area contributed by atoms with E-state index in [1.165, 1.54) is 43.2 Å². The Labute approximate surface area is 151 Å². The quantitative estimate of drug-likeness (QED) is 0.810. The summed E-state index contributed by atoms with van der Waals surface area (Å²) in [5.41, 5.74) is 8.52. The second kappa shape index (κ2) is 8.06. The van der Waals surface area contributed by atoms with Gasteiger partial charge < -0.3 is 14.8 Å². The van der Waals surface area contributed by atoms with E-state index < -0.39 is 10.1 Å². The van der Waals surface area contributed by atoms with Gasteiger partial charge in [-0.15, -0.1) is 0 Å². The Balaban J connectivity index is 1.53. The van der Waals surface area contributed by atoms with E-state index in [1.54, 1.807) is 6.07 Å². The molecule has 1 heterocycles. The molecule has 2 aliphatic rings. The van der Waals surface area contributed by atoms with Crippen molar-refractivity contribution in [2.24, 2.45) is 11.7 Å². The van der Waals surface area contributed by atoms with E-state index in [1.807, 2.05) is 12.1 Å². The topological polar surface area (TPSA) is 72.6 Å². The molecule has 0 aromatic heterocycles. The van der Waals surface area contributed by atoms with Crippen LogP contribution in [0.2, 0.25) is 0 Å². The zero-order valence-corrected chi connectivity index (χ0v) is 15.9. The van der Waals surface area contributed by atoms with Gasteiger partial charge in [0.25, 0.3) is 0 Å². The number of nitrogens with two attached hydrogens (primary N) is 1. The highest BCUT2D eigenvalue weighted by Gasteiger charge is 2.20. The smallest absolute Gasteiger partial charge is 0.306 e. The van der Waals surface area contributed by atoms with Crippen LogP contribution in [0.25, 0.3) is 0 Å². The van der Waals surface area contributed by atoms with E-state index in [0.717, 1.165) is 44.6 Å². The lowest BCUT2D eigenvalue weighted by Gasteiger charge is -2.28. The molecule has 1 aliphatic carbocycles. The number of benzene rings is 1. The molecule has 3 rings (SSSR count). The molecule has 0 bridgehead atoms. The molecule has 1 aromatic rings. The van der Waals surface area contributed by atoms with Gasteiger partial charge in [0.2, 0.25) is 0 Å². The van der Waals surface area contributed by atoms with Gasteiger partial charge in [-0.25, -0.2) is 0 Å². The first kappa shape index (κ1) is 18.7. The number of fused-ring (bicyclic) bond motifs is 1. The minimum Gasteiger partial charge on any atom is -0.383 e. The monoisotopic (exact) mass is 366 g/mol. The summed E-state index contributed by atoms with van der Waals surface area (Å²) in [6.45, 7) is 3.26. The third kappa shape index (κ3) is 5.69. The maximum atomic E-state index is 11.3. The van der Waals surface area contributed by atoms with Crippen LogP contribution >= 0.6 is 0 Å². The Bertz CT molecular complexity index is 682. The fourth-order valence-corrected chi connectivity index (χ4v) is 4.49. The van der Waals surface area contributed by atoms with Crippen molar-refractivity contribution in [1.82, 2.24) is 4.90 Å². The van der Waals surface area contributed by atoms with Crippen molar-refractivity contribution in [1.29, 1.82) is 0 Å². The van der Waals surface area contributed by atoms with E-state index in [-0.39, 0.29) is 0 Å². The summed E-state index contributed by atoms with van der Waals surface area (Å²) in [5.74, 6) is 1.26. The highest BCUT2D eigenvalue weighted by molar-refractivity contribution is 7.86. The van der Waals surface area contributed by atoms with E-state index in [2.05, 4.69) is 4.90 Å². The SMILES string of the molecule is CS(=O)(=O)Oc1ccc2c(c1)CCN(CCC1CCC(N)CC1)CC2. The number of nitrogens with zero attached hydrogens (tertiary/aromatic N) is 1. The van der Waals surface area contributed by atoms with Crippen molar-refractivity contribution in [3.05, 3.63) is 29.3 Å². The molecular formula is C19H30N2O3S. The molecule has 1 fully saturated rings. The molecule has 1 saturated carbocycles. The lowest BCUT2D eigenvalue weighted by molar-refractivity contribution is 0.232. The summed E-state index contributed by atoms with van der Waals surface area (Å²) >= 11 is 0. The highest BCUT2D eigenvalue weighted by atomic mass is 32.2. The van der Waals surface area contributed by atoms with Gasteiger partial charge in [0.15, 0.2) is 0 Å². The lowest BCUT2D eigenvalue weighted by atomic mass is 9.84. The third-order valence-corrected chi connectivity index (χ3v) is 6.06. The Morgan fingerprint density at radius 1 is 1.12 bits per heavy atom. The molecule has 0 saturated heterocycles. The van der Waals surface area contributed by atoms with Crippen LogP contribution in [-0.2, 0) is 23.0 Å². The molecule has 140 valence electrons. The summed E-state index contributed by atoms with van der Waals surface area (Å²) in [4.78, 5) is 2.55. The van der Waals surface area contributed by atoms with Crippen LogP contribution < -0.4 is 9.92 Å². The van der Waals surface area contributed by atoms with Crippen LogP contribution in [0.15, 0.2) is 18.2 Å². The van der Waals surface area contributed by atoms with E-state index in [0.29, 0.717) is 11.8 Å². The Morgan fingerprint density at radius 3 is 2.48 bits per heavy atom. The average molecular weight is 367 g/mol. The van der Waals surface area contributed by atoms with Crippen LogP contribution in [-0.4, -0.2) is 45.2 Å². The molecular weight excluding hydrogens is 336 g/mol. The maximum Gasteiger partial charge on any atom is 0.306 e. The molecule has 0 unspecified atom stereocenters. The molecule has 1 aliphatic heterocycles. The zero-order chi connectivity index (χ0) is 17.9. The number of hydrogen-bond donors (Lipinski definition) is 1. The predicted octanol–water partition coefficient (Wildman–Crippen LogP) is 2.33. The van der Waals surface area contributed by atoms with Crippen LogP contribution in [0.5, 0.6) is 5.75 Å². The molecule has 2 N–H and O–H groups in total. The summed E-state index contributed by atoms with van der Waals surface area (Å²) in [6.07, 6.45) is 9.24. The molecule has 5 nitrogen and oxygen atoms in total. The van der Waals surface area contributed by atoms with Gasteiger partial charge in [-0.2, -0.15) is 8.42 Å². The molecule has 0 atom stereocenters. The number of rotatable bonds is 5. The minimum absolute atomic E-state index is 0.423. The average Bonchev–Trinajstić information content (AvgIpc) is 2.75. The molecule has 0 spiro atoms. The van der Waals surface area contributed by atoms with Gasteiger partial charge >= 0.3 is 10.1 Å². The molecule has 0 radical (unpaired) electrons. The standard InChI is InChI=1S/C19H30N2O3S/c1-25(22,23)24-19-7-4-16-9-12-21(13-10-17(16)14-19)11-8-15-2-5-18(20)6-3-15/h4,7,14-15,18H,2-3,5-6,8-13,20H2,1H3. The van der Waals surface area contributed by atoms with Crippen LogP contribution in [0.4, 0.5) is 0 Å². The zero-order valence-electron chi connectivity index (χ0n) is 15.1. The van der Waals surface area contributed by atoms with Crippen LogP contribution in [0.3, 0.4) is 0 Å². The fraction of sp³-hybridized carbons (Fsp3) is 0.684. The third-order valence-electron chi connectivity index (χ3n) is 5.57. The van der Waals surface area contributed by atoms with Crippen molar-refractivity contribution < 1.29 is 12.6 Å². The van der Waals surface area contributed by atoms with Crippen molar-refractivity contribution in [3.8, 4) is 5.75 Å². The second-order valence-electron chi connectivity index (χ2n) is 7.63. The highest BCUT2D eigenvalue weighted by Crippen LogP contribution is 2.27. The van der Waals surface area contributed by atoms with E-state index >= 15 is 0 Å². The maximum absolute atomic E-state index is 11.3.